The van der Waals surface area contributed by atoms with E-state index in [4.69, 9.17) is 11.6 Å². The van der Waals surface area contributed by atoms with E-state index in [2.05, 4.69) is 30.8 Å². The Hall–Kier alpha value is -2.44. The van der Waals surface area contributed by atoms with Gasteiger partial charge in [0.2, 0.25) is 11.0 Å². The van der Waals surface area contributed by atoms with Crippen LogP contribution in [0.4, 0.5) is 29.8 Å². The van der Waals surface area contributed by atoms with Crippen LogP contribution in [-0.4, -0.2) is 32.2 Å². The molecule has 0 aliphatic carbocycles. The van der Waals surface area contributed by atoms with Gasteiger partial charge in [-0.15, -0.1) is 10.2 Å². The molecule has 1 aromatic carbocycles. The molecule has 2 N–H and O–H groups in total. The molecule has 0 fully saturated rings. The van der Waals surface area contributed by atoms with Crippen molar-refractivity contribution in [1.29, 1.82) is 0 Å². The van der Waals surface area contributed by atoms with E-state index in [1.54, 1.807) is 17.6 Å². The Morgan fingerprint density at radius 2 is 1.96 bits per heavy atom. The molecule has 0 bridgehead atoms. The van der Waals surface area contributed by atoms with Crippen molar-refractivity contribution in [2.24, 2.45) is 0 Å². The Morgan fingerprint density at radius 1 is 1.21 bits per heavy atom. The number of anilines is 3. The van der Waals surface area contributed by atoms with E-state index in [0.717, 1.165) is 0 Å². The zero-order valence-corrected chi connectivity index (χ0v) is 16.1. The fourth-order valence-corrected chi connectivity index (χ4v) is 3.40. The van der Waals surface area contributed by atoms with E-state index in [9.17, 15) is 18.0 Å². The SMILES string of the molecule is O=C(CC(F)(F)F)Nc1ccc(Sc2nc(Cl)cc(Nc3nncs3)n2)cc1. The molecule has 13 heteroatoms. The highest BCUT2D eigenvalue weighted by atomic mass is 35.5. The van der Waals surface area contributed by atoms with Crippen molar-refractivity contribution in [3.8, 4) is 0 Å². The van der Waals surface area contributed by atoms with Gasteiger partial charge in [-0.25, -0.2) is 9.97 Å². The van der Waals surface area contributed by atoms with Gasteiger partial charge in [-0.2, -0.15) is 13.2 Å². The average molecular weight is 447 g/mol. The van der Waals surface area contributed by atoms with Crippen LogP contribution in [-0.2, 0) is 4.79 Å². The molecule has 2 aromatic heterocycles. The zero-order valence-electron chi connectivity index (χ0n) is 13.7. The largest absolute Gasteiger partial charge is 0.397 e. The Bertz CT molecular complexity index is 953. The molecule has 0 aliphatic rings. The van der Waals surface area contributed by atoms with Crippen LogP contribution in [0.2, 0.25) is 5.15 Å². The summed E-state index contributed by atoms with van der Waals surface area (Å²) in [5.74, 6) is -0.686. The first-order chi connectivity index (χ1) is 13.3. The van der Waals surface area contributed by atoms with Crippen molar-refractivity contribution < 1.29 is 18.0 Å². The summed E-state index contributed by atoms with van der Waals surface area (Å²) >= 11 is 8.50. The first kappa shape index (κ1) is 20.3. The third-order valence-electron chi connectivity index (χ3n) is 2.98. The van der Waals surface area contributed by atoms with Gasteiger partial charge in [0.1, 0.15) is 22.9 Å². The van der Waals surface area contributed by atoms with Gasteiger partial charge in [0.15, 0.2) is 5.16 Å². The third-order valence-corrected chi connectivity index (χ3v) is 4.65. The van der Waals surface area contributed by atoms with E-state index in [1.807, 2.05) is 0 Å². The molecule has 1 amide bonds. The van der Waals surface area contributed by atoms with Gasteiger partial charge in [-0.05, 0) is 36.0 Å². The summed E-state index contributed by atoms with van der Waals surface area (Å²) in [5, 5.41) is 13.8. The predicted molar refractivity (Wildman–Crippen MR) is 100 cm³/mol. The molecule has 0 spiro atoms. The number of nitrogens with one attached hydrogen (secondary N) is 2. The lowest BCUT2D eigenvalue weighted by molar-refractivity contribution is -0.150. The van der Waals surface area contributed by atoms with Crippen molar-refractivity contribution in [3.63, 3.8) is 0 Å². The molecule has 0 saturated heterocycles. The van der Waals surface area contributed by atoms with E-state index < -0.39 is 18.5 Å². The maximum atomic E-state index is 12.2. The summed E-state index contributed by atoms with van der Waals surface area (Å²) in [4.78, 5) is 20.5. The second-order valence-electron chi connectivity index (χ2n) is 5.19. The predicted octanol–water partition coefficient (Wildman–Crippen LogP) is 4.77. The third kappa shape index (κ3) is 6.32. The fourth-order valence-electron chi connectivity index (χ4n) is 1.94. The molecule has 3 rings (SSSR count). The molecular weight excluding hydrogens is 437 g/mol. The van der Waals surface area contributed by atoms with Gasteiger partial charge in [-0.3, -0.25) is 4.79 Å². The van der Waals surface area contributed by atoms with Gasteiger partial charge in [0.05, 0.1) is 0 Å². The normalized spacial score (nSPS) is 11.3. The smallest absolute Gasteiger partial charge is 0.326 e. The summed E-state index contributed by atoms with van der Waals surface area (Å²) in [6, 6.07) is 7.75. The number of alkyl halides is 3. The van der Waals surface area contributed by atoms with E-state index in [-0.39, 0.29) is 10.8 Å². The van der Waals surface area contributed by atoms with Gasteiger partial charge >= 0.3 is 6.18 Å². The molecule has 28 heavy (non-hydrogen) atoms. The van der Waals surface area contributed by atoms with Gasteiger partial charge < -0.3 is 10.6 Å². The molecule has 2 heterocycles. The van der Waals surface area contributed by atoms with E-state index >= 15 is 0 Å². The van der Waals surface area contributed by atoms with Crippen LogP contribution in [0, 0.1) is 0 Å². The molecule has 7 nitrogen and oxygen atoms in total. The Kier molecular flexibility index (Phi) is 6.31. The average Bonchev–Trinajstić information content (AvgIpc) is 3.07. The summed E-state index contributed by atoms with van der Waals surface area (Å²) in [6.07, 6.45) is -6.09. The second-order valence-corrected chi connectivity index (χ2v) is 7.46. The molecule has 0 aliphatic heterocycles. The van der Waals surface area contributed by atoms with Crippen LogP contribution in [0.25, 0.3) is 0 Å². The van der Waals surface area contributed by atoms with Crippen LogP contribution in [0.15, 0.2) is 45.9 Å². The summed E-state index contributed by atoms with van der Waals surface area (Å²) < 4.78 is 36.6. The summed E-state index contributed by atoms with van der Waals surface area (Å²) in [6.45, 7) is 0. The highest BCUT2D eigenvalue weighted by molar-refractivity contribution is 7.99. The minimum absolute atomic E-state index is 0.223. The highest BCUT2D eigenvalue weighted by Crippen LogP contribution is 2.29. The Labute approximate surface area is 169 Å². The van der Waals surface area contributed by atoms with Gasteiger partial charge in [-0.1, -0.05) is 22.9 Å². The number of carbonyl (C=O) groups excluding carboxylic acids is 1. The monoisotopic (exact) mass is 446 g/mol. The lowest BCUT2D eigenvalue weighted by atomic mass is 10.3. The molecule has 0 saturated carbocycles. The number of hydrogen-bond acceptors (Lipinski definition) is 8. The highest BCUT2D eigenvalue weighted by Gasteiger charge is 2.31. The maximum absolute atomic E-state index is 12.2. The molecule has 0 unspecified atom stereocenters. The fraction of sp³-hybridized carbons (Fsp3) is 0.133. The van der Waals surface area contributed by atoms with E-state index in [1.165, 1.54) is 41.3 Å². The van der Waals surface area contributed by atoms with Crippen LogP contribution in [0.5, 0.6) is 0 Å². The number of benzene rings is 1. The number of halogens is 4. The Morgan fingerprint density at radius 3 is 2.61 bits per heavy atom. The van der Waals surface area contributed by atoms with Crippen LogP contribution in [0.1, 0.15) is 6.42 Å². The number of amides is 1. The van der Waals surface area contributed by atoms with Crippen molar-refractivity contribution in [1.82, 2.24) is 20.2 Å². The molecular formula is C15H10ClF3N6OS2. The maximum Gasteiger partial charge on any atom is 0.397 e. The minimum atomic E-state index is -4.55. The molecule has 0 atom stereocenters. The van der Waals surface area contributed by atoms with Crippen molar-refractivity contribution in [2.75, 3.05) is 10.6 Å². The number of carbonyl (C=O) groups is 1. The summed E-state index contributed by atoms with van der Waals surface area (Å²) in [7, 11) is 0. The summed E-state index contributed by atoms with van der Waals surface area (Å²) in [5.41, 5.74) is 1.82. The van der Waals surface area contributed by atoms with Crippen LogP contribution < -0.4 is 10.6 Å². The first-order valence-corrected chi connectivity index (χ1v) is 9.56. The number of hydrogen-bond donors (Lipinski definition) is 2. The zero-order chi connectivity index (χ0) is 20.1. The standard InChI is InChI=1S/C15H10ClF3N6OS2/c16-10-5-11(24-14-25-20-7-27-14)23-13(22-10)28-9-3-1-8(2-4-9)21-12(26)6-15(17,18)19/h1-5,7H,6H2,(H,21,26)(H,22,23,24,25). The van der Waals surface area contributed by atoms with Crippen molar-refractivity contribution in [3.05, 3.63) is 41.0 Å². The lowest BCUT2D eigenvalue weighted by Crippen LogP contribution is -2.21. The molecule has 3 aromatic rings. The van der Waals surface area contributed by atoms with Gasteiger partial charge in [0, 0.05) is 16.6 Å². The minimum Gasteiger partial charge on any atom is -0.326 e. The number of nitrogens with zero attached hydrogens (tertiary/aromatic N) is 4. The van der Waals surface area contributed by atoms with Crippen molar-refractivity contribution in [2.45, 2.75) is 22.6 Å². The number of aromatic nitrogens is 4. The van der Waals surface area contributed by atoms with Gasteiger partial charge in [0.25, 0.3) is 0 Å². The first-order valence-electron chi connectivity index (χ1n) is 7.49. The van der Waals surface area contributed by atoms with Crippen LogP contribution >= 0.6 is 34.7 Å². The van der Waals surface area contributed by atoms with Crippen molar-refractivity contribution >= 4 is 57.2 Å². The van der Waals surface area contributed by atoms with Crippen LogP contribution in [0.3, 0.4) is 0 Å². The quantitative estimate of drug-likeness (QED) is 0.416. The Balaban J connectivity index is 1.65. The lowest BCUT2D eigenvalue weighted by Gasteiger charge is -2.08. The number of rotatable bonds is 6. The topological polar surface area (TPSA) is 92.7 Å². The second kappa shape index (κ2) is 8.71. The molecule has 0 radical (unpaired) electrons. The van der Waals surface area contributed by atoms with E-state index in [0.29, 0.717) is 21.0 Å². The molecule has 146 valence electrons.